The molecule has 1 aliphatic heterocycles. The van der Waals surface area contributed by atoms with Crippen LogP contribution in [0.4, 0.5) is 0 Å². The number of aliphatic hydroxyl groups is 2. The maximum atomic E-state index is 13.6. The van der Waals surface area contributed by atoms with E-state index in [9.17, 15) is 30.0 Å². The number of phenols is 2. The Kier molecular flexibility index (Phi) is 6.28. The van der Waals surface area contributed by atoms with Crippen LogP contribution in [0.3, 0.4) is 0 Å². The van der Waals surface area contributed by atoms with Gasteiger partial charge < -0.3 is 40.4 Å². The predicted octanol–water partition coefficient (Wildman–Crippen LogP) is 1.85. The minimum Gasteiger partial charge on any atom is -0.507 e. The van der Waals surface area contributed by atoms with Gasteiger partial charge in [0, 0.05) is 42.0 Å². The Balaban J connectivity index is 1.66. The van der Waals surface area contributed by atoms with Crippen LogP contribution in [0.1, 0.15) is 82.2 Å². The number of nitrogens with two attached hydrogens (primary N) is 1. The van der Waals surface area contributed by atoms with Gasteiger partial charge in [0.15, 0.2) is 12.1 Å². The highest BCUT2D eigenvalue weighted by Crippen LogP contribution is 2.52. The molecule has 0 bridgehead atoms. The van der Waals surface area contributed by atoms with Gasteiger partial charge in [0.25, 0.3) is 0 Å². The summed E-state index contributed by atoms with van der Waals surface area (Å²) in [6.07, 6.45) is -2.93. The van der Waals surface area contributed by atoms with E-state index in [0.29, 0.717) is 6.42 Å². The number of carbonyl (C=O) groups is 2. The van der Waals surface area contributed by atoms with E-state index in [1.807, 2.05) is 0 Å². The first-order valence-corrected chi connectivity index (χ1v) is 12.3. The van der Waals surface area contributed by atoms with Crippen molar-refractivity contribution in [2.24, 2.45) is 5.73 Å². The molecule has 2 aromatic carbocycles. The number of hydrogen-bond donors (Lipinski definition) is 5. The van der Waals surface area contributed by atoms with Gasteiger partial charge in [0.05, 0.1) is 47.7 Å². The molecule has 1 unspecified atom stereocenters. The second-order valence-electron chi connectivity index (χ2n) is 10.1. The third-order valence-electron chi connectivity index (χ3n) is 7.88. The summed E-state index contributed by atoms with van der Waals surface area (Å²) in [7, 11) is 1.37. The normalized spacial score (nSPS) is 30.9. The number of ether oxygens (including phenoxy) is 3. The molecule has 6 atom stereocenters. The van der Waals surface area contributed by atoms with Crippen LogP contribution in [0, 0.1) is 0 Å². The van der Waals surface area contributed by atoms with Crippen LogP contribution >= 0.6 is 0 Å². The molecule has 198 valence electrons. The zero-order chi connectivity index (χ0) is 26.8. The van der Waals surface area contributed by atoms with E-state index in [4.69, 9.17) is 19.9 Å². The van der Waals surface area contributed by atoms with Gasteiger partial charge in [-0.05, 0) is 19.4 Å². The molecule has 0 amide bonds. The second-order valence-corrected chi connectivity index (χ2v) is 10.1. The van der Waals surface area contributed by atoms with E-state index in [1.54, 1.807) is 19.9 Å². The van der Waals surface area contributed by atoms with Crippen molar-refractivity contribution in [3.63, 3.8) is 0 Å². The van der Waals surface area contributed by atoms with Crippen molar-refractivity contribution in [2.75, 3.05) is 7.11 Å². The summed E-state index contributed by atoms with van der Waals surface area (Å²) in [5, 5.41) is 44.3. The number of fused-ring (bicyclic) bond motifs is 3. The molecule has 10 nitrogen and oxygen atoms in total. The van der Waals surface area contributed by atoms with Crippen LogP contribution in [-0.2, 0) is 15.9 Å². The van der Waals surface area contributed by atoms with Crippen molar-refractivity contribution in [3.8, 4) is 17.2 Å². The van der Waals surface area contributed by atoms with Crippen molar-refractivity contribution < 1.29 is 44.2 Å². The lowest BCUT2D eigenvalue weighted by Gasteiger charge is -2.42. The molecular weight excluding hydrogens is 482 g/mol. The summed E-state index contributed by atoms with van der Waals surface area (Å²) in [6, 6.07) is 3.95. The van der Waals surface area contributed by atoms with E-state index in [2.05, 4.69) is 0 Å². The minimum atomic E-state index is -1.32. The molecule has 10 heteroatoms. The Hall–Kier alpha value is -3.02. The number of benzene rings is 2. The number of rotatable bonds is 4. The van der Waals surface area contributed by atoms with Gasteiger partial charge in [-0.15, -0.1) is 0 Å². The van der Waals surface area contributed by atoms with Crippen molar-refractivity contribution in [2.45, 2.75) is 75.8 Å². The van der Waals surface area contributed by atoms with Gasteiger partial charge in [-0.25, -0.2) is 0 Å². The predicted molar refractivity (Wildman–Crippen MR) is 130 cm³/mol. The third kappa shape index (κ3) is 3.91. The molecular formula is C27H31NO9. The zero-order valence-electron chi connectivity index (χ0n) is 20.9. The number of phenolic OH excluding ortho intramolecular Hbond substituents is 2. The first-order chi connectivity index (χ1) is 17.5. The Morgan fingerprint density at radius 1 is 1.14 bits per heavy atom. The molecule has 0 aromatic heterocycles. The maximum absolute atomic E-state index is 13.6. The van der Waals surface area contributed by atoms with E-state index in [0.717, 1.165) is 0 Å². The van der Waals surface area contributed by atoms with Crippen LogP contribution in [0.25, 0.3) is 0 Å². The summed E-state index contributed by atoms with van der Waals surface area (Å²) in [4.78, 5) is 27.1. The number of aromatic hydroxyl groups is 2. The molecule has 0 spiro atoms. The van der Waals surface area contributed by atoms with Crippen molar-refractivity contribution in [3.05, 3.63) is 51.6 Å². The molecule has 1 heterocycles. The molecule has 6 N–H and O–H groups in total. The van der Waals surface area contributed by atoms with Crippen molar-refractivity contribution in [1.29, 1.82) is 0 Å². The number of carbonyl (C=O) groups excluding carboxylic acids is 2. The standard InChI is InChI=1S/C27H31NO9/c1-4-27(34)9-13-19(16(10-27)37-17-8-14(28)22(29)11(2)36-17)26(33)21-20(24(13)31)23(30)12-6-5-7-15(35-3)18(12)25(21)32/h5-7,11,14,16-17,22,29,31,33-34H,4,8-10,28H2,1-3H3/t11-,14?,16-,17-,22+,27-/m0/s1. The Morgan fingerprint density at radius 2 is 1.84 bits per heavy atom. The number of aliphatic hydroxyl groups excluding tert-OH is 1. The number of ketones is 2. The molecule has 0 saturated carbocycles. The largest absolute Gasteiger partial charge is 0.507 e. The van der Waals surface area contributed by atoms with Gasteiger partial charge in [-0.2, -0.15) is 0 Å². The SMILES string of the molecule is CC[C@]1(O)Cc2c(O)c3c(c(O)c2[C@@H](O[C@H]2CC(N)[C@H](O)[C@H](C)O2)C1)C(=O)c1c(OC)cccc1C3=O. The minimum absolute atomic E-state index is 0.000101. The van der Waals surface area contributed by atoms with Gasteiger partial charge in [-0.3, -0.25) is 9.59 Å². The average molecular weight is 514 g/mol. The third-order valence-corrected chi connectivity index (χ3v) is 7.88. The quantitative estimate of drug-likeness (QED) is 0.325. The van der Waals surface area contributed by atoms with Crippen molar-refractivity contribution >= 4 is 11.6 Å². The highest BCUT2D eigenvalue weighted by Gasteiger charge is 2.47. The Morgan fingerprint density at radius 3 is 2.49 bits per heavy atom. The van der Waals surface area contributed by atoms with Crippen LogP contribution in [-0.4, -0.2) is 69.2 Å². The first-order valence-electron chi connectivity index (χ1n) is 12.3. The van der Waals surface area contributed by atoms with Gasteiger partial charge in [0.2, 0.25) is 5.78 Å². The molecule has 2 aliphatic carbocycles. The van der Waals surface area contributed by atoms with Crippen LogP contribution in [0.2, 0.25) is 0 Å². The second kappa shape index (κ2) is 9.07. The summed E-state index contributed by atoms with van der Waals surface area (Å²) >= 11 is 0. The fraction of sp³-hybridized carbons (Fsp3) is 0.481. The molecule has 37 heavy (non-hydrogen) atoms. The van der Waals surface area contributed by atoms with Crippen LogP contribution in [0.5, 0.6) is 17.2 Å². The van der Waals surface area contributed by atoms with Gasteiger partial charge >= 0.3 is 0 Å². The van der Waals surface area contributed by atoms with Crippen molar-refractivity contribution in [1.82, 2.24) is 0 Å². The molecule has 5 rings (SSSR count). The molecule has 2 aromatic rings. The number of methoxy groups -OCH3 is 1. The first kappa shape index (κ1) is 25.6. The summed E-state index contributed by atoms with van der Waals surface area (Å²) in [5.74, 6) is -2.09. The lowest BCUT2D eigenvalue weighted by molar-refractivity contribution is -0.247. The monoisotopic (exact) mass is 513 g/mol. The van der Waals surface area contributed by atoms with Crippen LogP contribution < -0.4 is 10.5 Å². The maximum Gasteiger partial charge on any atom is 0.202 e. The summed E-state index contributed by atoms with van der Waals surface area (Å²) in [6.45, 7) is 3.44. The van der Waals surface area contributed by atoms with E-state index >= 15 is 0 Å². The summed E-state index contributed by atoms with van der Waals surface area (Å²) in [5.41, 5.74) is 4.39. The topological polar surface area (TPSA) is 169 Å². The molecule has 1 saturated heterocycles. The highest BCUT2D eigenvalue weighted by molar-refractivity contribution is 6.31. The van der Waals surface area contributed by atoms with E-state index in [1.165, 1.54) is 19.2 Å². The Labute approximate surface area is 213 Å². The average Bonchev–Trinajstić information content (AvgIpc) is 2.87. The number of hydrogen-bond acceptors (Lipinski definition) is 10. The van der Waals surface area contributed by atoms with Gasteiger partial charge in [-0.1, -0.05) is 19.1 Å². The summed E-state index contributed by atoms with van der Waals surface area (Å²) < 4.78 is 17.3. The fourth-order valence-electron chi connectivity index (χ4n) is 5.74. The smallest absolute Gasteiger partial charge is 0.202 e. The molecule has 3 aliphatic rings. The Bertz CT molecular complexity index is 1280. The molecule has 1 fully saturated rings. The highest BCUT2D eigenvalue weighted by atomic mass is 16.7. The lowest BCUT2D eigenvalue weighted by atomic mass is 9.72. The van der Waals surface area contributed by atoms with Gasteiger partial charge in [0.1, 0.15) is 17.2 Å². The molecule has 0 radical (unpaired) electrons. The zero-order valence-corrected chi connectivity index (χ0v) is 20.9. The van der Waals surface area contributed by atoms with Crippen LogP contribution in [0.15, 0.2) is 18.2 Å². The van der Waals surface area contributed by atoms with E-state index < -0.39 is 59.3 Å². The lowest BCUT2D eigenvalue weighted by Crippen LogP contribution is -2.52. The fourth-order valence-corrected chi connectivity index (χ4v) is 5.74. The van der Waals surface area contributed by atoms with E-state index in [-0.39, 0.29) is 58.4 Å².